The fourth-order valence-electron chi connectivity index (χ4n) is 2.10. The van der Waals surface area contributed by atoms with Gasteiger partial charge in [0.05, 0.1) is 5.54 Å². The van der Waals surface area contributed by atoms with Crippen LogP contribution in [-0.2, 0) is 17.8 Å². The lowest BCUT2D eigenvalue weighted by Gasteiger charge is -2.20. The van der Waals surface area contributed by atoms with Crippen LogP contribution >= 0.6 is 40.7 Å². The summed E-state index contributed by atoms with van der Waals surface area (Å²) in [7, 11) is 0. The first-order valence-corrected chi connectivity index (χ1v) is 7.82. The van der Waals surface area contributed by atoms with Gasteiger partial charge in [-0.25, -0.2) is 0 Å². The Bertz CT molecular complexity index is 663. The molecule has 0 radical (unpaired) electrons. The second-order valence-electron chi connectivity index (χ2n) is 5.64. The number of nitrogens with two attached hydrogens (primary N) is 2. The zero-order valence-electron chi connectivity index (χ0n) is 13.3. The first kappa shape index (κ1) is 22.7. The van der Waals surface area contributed by atoms with Gasteiger partial charge < -0.3 is 16.8 Å². The van der Waals surface area contributed by atoms with Crippen molar-refractivity contribution in [2.75, 3.05) is 5.32 Å². The van der Waals surface area contributed by atoms with Crippen molar-refractivity contribution in [3.05, 3.63) is 64.1 Å². The third-order valence-electron chi connectivity index (χ3n) is 3.47. The minimum absolute atomic E-state index is 0. The van der Waals surface area contributed by atoms with Gasteiger partial charge in [-0.2, -0.15) is 0 Å². The van der Waals surface area contributed by atoms with Crippen molar-refractivity contribution in [2.45, 2.75) is 25.4 Å². The number of carbonyl (C=O) groups is 1. The molecule has 2 rings (SSSR count). The minimum atomic E-state index is -1.02. The van der Waals surface area contributed by atoms with Gasteiger partial charge in [0.15, 0.2) is 0 Å². The Hall–Kier alpha value is -1.27. The molecule has 5 N–H and O–H groups in total. The van der Waals surface area contributed by atoms with Gasteiger partial charge in [-0.15, -0.1) is 24.8 Å². The fraction of sp³-hybridized carbons (Fsp3) is 0.235. The summed E-state index contributed by atoms with van der Waals surface area (Å²) in [6.45, 7) is 2.39. The largest absolute Gasteiger partial charge is 0.381 e. The van der Waals surface area contributed by atoms with Gasteiger partial charge >= 0.3 is 0 Å². The number of rotatable bonds is 6. The van der Waals surface area contributed by atoms with Crippen molar-refractivity contribution < 1.29 is 4.79 Å². The summed E-state index contributed by atoms with van der Waals surface area (Å²) in [5.74, 6) is -0.496. The predicted octanol–water partition coefficient (Wildman–Crippen LogP) is 3.65. The molecule has 132 valence electrons. The lowest BCUT2D eigenvalue weighted by atomic mass is 9.93. The van der Waals surface area contributed by atoms with E-state index in [4.69, 9.17) is 11.5 Å². The van der Waals surface area contributed by atoms with E-state index in [9.17, 15) is 4.79 Å². The zero-order chi connectivity index (χ0) is 16.2. The summed E-state index contributed by atoms with van der Waals surface area (Å²) in [6, 6.07) is 16.0. The number of carbonyl (C=O) groups excluding carboxylic acids is 1. The third-order valence-corrected chi connectivity index (χ3v) is 3.97. The number of benzene rings is 2. The van der Waals surface area contributed by atoms with E-state index in [2.05, 4.69) is 33.4 Å². The fourth-order valence-corrected chi connectivity index (χ4v) is 2.55. The molecule has 2 aromatic rings. The topological polar surface area (TPSA) is 81.1 Å². The van der Waals surface area contributed by atoms with Crippen LogP contribution in [0.4, 0.5) is 5.69 Å². The van der Waals surface area contributed by atoms with Crippen molar-refractivity contribution in [2.24, 2.45) is 11.5 Å². The van der Waals surface area contributed by atoms with Gasteiger partial charge in [0, 0.05) is 16.7 Å². The first-order chi connectivity index (χ1) is 10.4. The van der Waals surface area contributed by atoms with Crippen molar-refractivity contribution in [1.29, 1.82) is 0 Å². The second-order valence-corrected chi connectivity index (χ2v) is 6.55. The number of nitrogens with one attached hydrogen (secondary N) is 1. The maximum absolute atomic E-state index is 11.3. The molecule has 0 aliphatic heterocycles. The Labute approximate surface area is 163 Å². The van der Waals surface area contributed by atoms with E-state index in [0.717, 1.165) is 22.3 Å². The Morgan fingerprint density at radius 1 is 1.12 bits per heavy atom. The number of primary amides is 1. The van der Waals surface area contributed by atoms with Crippen LogP contribution in [0.5, 0.6) is 0 Å². The Morgan fingerprint density at radius 3 is 2.29 bits per heavy atom. The standard InChI is InChI=1S/C17H20BrN3O.2ClH/c1-17(20,16(19)22)10-12-5-7-15(8-6-12)21-11-13-3-2-4-14(18)9-13;;/h2-9,21H,10-11,20H2,1H3,(H2,19,22);2*1H. The lowest BCUT2D eigenvalue weighted by molar-refractivity contribution is -0.122. The van der Waals surface area contributed by atoms with Gasteiger partial charge in [-0.05, 0) is 48.7 Å². The van der Waals surface area contributed by atoms with Crippen LogP contribution in [0.3, 0.4) is 0 Å². The Morgan fingerprint density at radius 2 is 1.75 bits per heavy atom. The summed E-state index contributed by atoms with van der Waals surface area (Å²) in [5, 5.41) is 3.36. The number of halogens is 3. The maximum Gasteiger partial charge on any atom is 0.237 e. The third kappa shape index (κ3) is 6.69. The van der Waals surface area contributed by atoms with E-state index in [1.54, 1.807) is 6.92 Å². The van der Waals surface area contributed by atoms with E-state index < -0.39 is 11.4 Å². The van der Waals surface area contributed by atoms with E-state index in [1.165, 1.54) is 5.56 Å². The summed E-state index contributed by atoms with van der Waals surface area (Å²) < 4.78 is 1.07. The molecular formula is C17H22BrCl2N3O. The normalized spacial score (nSPS) is 12.3. The summed E-state index contributed by atoms with van der Waals surface area (Å²) in [5.41, 5.74) is 13.3. The molecule has 0 aliphatic rings. The number of hydrogen-bond acceptors (Lipinski definition) is 3. The molecule has 0 saturated heterocycles. The molecule has 0 fully saturated rings. The molecule has 0 heterocycles. The molecule has 4 nitrogen and oxygen atoms in total. The van der Waals surface area contributed by atoms with Gasteiger partial charge in [0.2, 0.25) is 5.91 Å². The summed E-state index contributed by atoms with van der Waals surface area (Å²) >= 11 is 3.46. The highest BCUT2D eigenvalue weighted by atomic mass is 79.9. The molecule has 1 atom stereocenters. The highest BCUT2D eigenvalue weighted by Crippen LogP contribution is 2.16. The van der Waals surface area contributed by atoms with Crippen molar-refractivity contribution in [3.63, 3.8) is 0 Å². The minimum Gasteiger partial charge on any atom is -0.381 e. The van der Waals surface area contributed by atoms with Crippen molar-refractivity contribution >= 4 is 52.3 Å². The summed E-state index contributed by atoms with van der Waals surface area (Å²) in [6.07, 6.45) is 0.425. The monoisotopic (exact) mass is 433 g/mol. The smallest absolute Gasteiger partial charge is 0.237 e. The van der Waals surface area contributed by atoms with E-state index in [0.29, 0.717) is 6.42 Å². The number of hydrogen-bond donors (Lipinski definition) is 3. The molecular weight excluding hydrogens is 413 g/mol. The van der Waals surface area contributed by atoms with E-state index in [1.807, 2.05) is 36.4 Å². The average molecular weight is 435 g/mol. The van der Waals surface area contributed by atoms with Gasteiger partial charge in [0.25, 0.3) is 0 Å². The Kier molecular flexibility index (Phi) is 9.37. The summed E-state index contributed by atoms with van der Waals surface area (Å²) in [4.78, 5) is 11.3. The van der Waals surface area contributed by atoms with Gasteiger partial charge in [-0.3, -0.25) is 4.79 Å². The van der Waals surface area contributed by atoms with Gasteiger partial charge in [-0.1, -0.05) is 40.2 Å². The van der Waals surface area contributed by atoms with E-state index >= 15 is 0 Å². The van der Waals surface area contributed by atoms with E-state index in [-0.39, 0.29) is 24.8 Å². The van der Waals surface area contributed by atoms with Crippen molar-refractivity contribution in [3.8, 4) is 0 Å². The van der Waals surface area contributed by atoms with Crippen LogP contribution in [0.25, 0.3) is 0 Å². The molecule has 0 saturated carbocycles. The van der Waals surface area contributed by atoms with Crippen LogP contribution < -0.4 is 16.8 Å². The number of amides is 1. The quantitative estimate of drug-likeness (QED) is 0.648. The SMILES string of the molecule is CC(N)(Cc1ccc(NCc2cccc(Br)c2)cc1)C(N)=O.Cl.Cl. The zero-order valence-corrected chi connectivity index (χ0v) is 16.5. The molecule has 0 aliphatic carbocycles. The molecule has 0 bridgehead atoms. The predicted molar refractivity (Wildman–Crippen MR) is 108 cm³/mol. The van der Waals surface area contributed by atoms with Crippen LogP contribution in [0.1, 0.15) is 18.1 Å². The van der Waals surface area contributed by atoms with Gasteiger partial charge in [0.1, 0.15) is 0 Å². The molecule has 1 amide bonds. The lowest BCUT2D eigenvalue weighted by Crippen LogP contribution is -2.51. The van der Waals surface area contributed by atoms with Crippen molar-refractivity contribution in [1.82, 2.24) is 0 Å². The van der Waals surface area contributed by atoms with Crippen LogP contribution in [0, 0.1) is 0 Å². The average Bonchev–Trinajstić information content (AvgIpc) is 2.46. The van der Waals surface area contributed by atoms with Crippen LogP contribution in [-0.4, -0.2) is 11.4 Å². The van der Waals surface area contributed by atoms with Crippen LogP contribution in [0.15, 0.2) is 53.0 Å². The molecule has 24 heavy (non-hydrogen) atoms. The molecule has 2 aromatic carbocycles. The molecule has 7 heteroatoms. The number of anilines is 1. The highest BCUT2D eigenvalue weighted by molar-refractivity contribution is 9.10. The second kappa shape index (κ2) is 9.89. The molecule has 0 aromatic heterocycles. The highest BCUT2D eigenvalue weighted by Gasteiger charge is 2.25. The van der Waals surface area contributed by atoms with Crippen LogP contribution in [0.2, 0.25) is 0 Å². The Balaban J connectivity index is 0.00000264. The molecule has 1 unspecified atom stereocenters. The molecule has 0 spiro atoms. The maximum atomic E-state index is 11.3. The first-order valence-electron chi connectivity index (χ1n) is 7.03.